The van der Waals surface area contributed by atoms with Gasteiger partial charge in [-0.1, -0.05) is 55.5 Å². The van der Waals surface area contributed by atoms with Gasteiger partial charge in [0.15, 0.2) is 0 Å². The van der Waals surface area contributed by atoms with E-state index in [1.54, 1.807) is 0 Å². The fraction of sp³-hybridized carbons (Fsp3) is 0.393. The van der Waals surface area contributed by atoms with E-state index >= 15 is 0 Å². The largest absolute Gasteiger partial charge is 0.386 e. The van der Waals surface area contributed by atoms with Gasteiger partial charge in [0.1, 0.15) is 4.60 Å². The van der Waals surface area contributed by atoms with Crippen LogP contribution in [0.3, 0.4) is 0 Å². The molecule has 1 N–H and O–H groups in total. The summed E-state index contributed by atoms with van der Waals surface area (Å²) in [5.74, 6) is 0.669. The Labute approximate surface area is 210 Å². The topological polar surface area (TPSA) is 24.9 Å². The molecule has 1 aliphatic rings. The monoisotopic (exact) mass is 534 g/mol. The molecule has 184 valence electrons. The molecule has 1 aromatic carbocycles. The number of hydrogen-bond acceptors (Lipinski definition) is 2. The van der Waals surface area contributed by atoms with Crippen LogP contribution in [0.2, 0.25) is 0 Å². The minimum Gasteiger partial charge on any atom is -0.317 e. The van der Waals surface area contributed by atoms with Crippen LogP contribution < -0.4 is 5.32 Å². The highest BCUT2D eigenvalue weighted by Gasteiger charge is 2.16. The van der Waals surface area contributed by atoms with Crippen LogP contribution in [0.25, 0.3) is 11.1 Å². The zero-order valence-corrected chi connectivity index (χ0v) is 21.8. The van der Waals surface area contributed by atoms with E-state index in [1.165, 1.54) is 36.0 Å². The molecular weight excluding hydrogens is 501 g/mol. The highest BCUT2D eigenvalue weighted by Crippen LogP contribution is 2.33. The van der Waals surface area contributed by atoms with Gasteiger partial charge in [0.05, 0.1) is 5.69 Å². The summed E-state index contributed by atoms with van der Waals surface area (Å²) in [6, 6.07) is 15.3. The van der Waals surface area contributed by atoms with Gasteiger partial charge in [0.2, 0.25) is 0 Å². The summed E-state index contributed by atoms with van der Waals surface area (Å²) in [5, 5.41) is 3.51. The Morgan fingerprint density at radius 3 is 2.41 bits per heavy atom. The van der Waals surface area contributed by atoms with E-state index in [0.717, 1.165) is 41.0 Å². The first kappa shape index (κ1) is 28.1. The Balaban J connectivity index is 0.000000739. The molecule has 1 unspecified atom stereocenters. The van der Waals surface area contributed by atoms with Crippen LogP contribution in [0.4, 0.5) is 13.2 Å². The Kier molecular flexibility index (Phi) is 11.3. The summed E-state index contributed by atoms with van der Waals surface area (Å²) in [7, 11) is 0. The van der Waals surface area contributed by atoms with Crippen molar-refractivity contribution in [2.75, 3.05) is 13.1 Å². The Hall–Kier alpha value is -2.18. The average molecular weight is 535 g/mol. The molecule has 34 heavy (non-hydrogen) atoms. The summed E-state index contributed by atoms with van der Waals surface area (Å²) >= 11 is 3.52. The second-order valence-corrected chi connectivity index (χ2v) is 9.28. The number of benzene rings is 1. The van der Waals surface area contributed by atoms with Crippen molar-refractivity contribution < 1.29 is 13.2 Å². The van der Waals surface area contributed by atoms with Crippen LogP contribution in [0.5, 0.6) is 0 Å². The van der Waals surface area contributed by atoms with Crippen LogP contribution >= 0.6 is 15.9 Å². The van der Waals surface area contributed by atoms with Crippen LogP contribution in [-0.2, 0) is 0 Å². The number of nitrogens with one attached hydrogen (secondary N) is 1. The maximum absolute atomic E-state index is 10.4. The summed E-state index contributed by atoms with van der Waals surface area (Å²) in [6.45, 7) is 10.7. The maximum Gasteiger partial charge on any atom is 0.386 e. The Bertz CT molecular complexity index is 977. The molecule has 0 spiro atoms. The fourth-order valence-electron chi connectivity index (χ4n) is 4.02. The van der Waals surface area contributed by atoms with Gasteiger partial charge < -0.3 is 5.32 Å². The molecule has 1 aliphatic heterocycles. The van der Waals surface area contributed by atoms with Gasteiger partial charge in [-0.15, -0.1) is 0 Å². The standard InChI is InChI=1S/C26H31BrN2.C2H3F3/c1-4-19(3)18-24(25-9-6-10-26(27)29-25)23(5-2)22-13-11-21(12-14-22)20-8-7-16-28-17-15-20;1-2(3,4)5/h4,6,9-14,18,20,28H,1,5,7-8,15-17H2,2-3H3;1H3/b19-18-,24-23-;. The molecule has 1 saturated heterocycles. The van der Waals surface area contributed by atoms with E-state index in [-0.39, 0.29) is 6.92 Å². The maximum atomic E-state index is 10.4. The third-order valence-corrected chi connectivity index (χ3v) is 6.11. The van der Waals surface area contributed by atoms with E-state index in [4.69, 9.17) is 4.98 Å². The molecule has 3 rings (SSSR count). The molecule has 0 saturated carbocycles. The molecule has 2 nitrogen and oxygen atoms in total. The quantitative estimate of drug-likeness (QED) is 0.296. The Morgan fingerprint density at radius 1 is 1.15 bits per heavy atom. The molecule has 0 radical (unpaired) electrons. The minimum absolute atomic E-state index is 0.188. The molecule has 2 heterocycles. The molecule has 1 fully saturated rings. The normalized spacial score (nSPS) is 17.7. The number of nitrogens with zero attached hydrogens (tertiary/aromatic N) is 1. The van der Waals surface area contributed by atoms with Crippen molar-refractivity contribution in [1.82, 2.24) is 10.3 Å². The number of rotatable bonds is 6. The van der Waals surface area contributed by atoms with Crippen LogP contribution in [-0.4, -0.2) is 24.2 Å². The zero-order chi connectivity index (χ0) is 25.1. The minimum atomic E-state index is -4.00. The van der Waals surface area contributed by atoms with Crippen molar-refractivity contribution in [2.24, 2.45) is 0 Å². The third-order valence-electron chi connectivity index (χ3n) is 5.67. The summed E-state index contributed by atoms with van der Waals surface area (Å²) in [5.41, 5.74) is 7.33. The summed E-state index contributed by atoms with van der Waals surface area (Å²) < 4.78 is 31.9. The van der Waals surface area contributed by atoms with Crippen molar-refractivity contribution >= 4 is 27.1 Å². The van der Waals surface area contributed by atoms with Gasteiger partial charge in [-0.05, 0) is 102 Å². The predicted octanol–water partition coefficient (Wildman–Crippen LogP) is 8.72. The summed E-state index contributed by atoms with van der Waals surface area (Å²) in [6.07, 6.45) is 4.80. The first-order chi connectivity index (χ1) is 16.1. The van der Waals surface area contributed by atoms with Gasteiger partial charge in [-0.2, -0.15) is 13.2 Å². The Morgan fingerprint density at radius 2 is 1.82 bits per heavy atom. The molecule has 0 bridgehead atoms. The zero-order valence-electron chi connectivity index (χ0n) is 20.2. The van der Waals surface area contributed by atoms with Crippen LogP contribution in [0.1, 0.15) is 69.2 Å². The number of halogens is 4. The van der Waals surface area contributed by atoms with E-state index in [2.05, 4.69) is 78.1 Å². The van der Waals surface area contributed by atoms with Crippen molar-refractivity contribution in [3.63, 3.8) is 0 Å². The summed E-state index contributed by atoms with van der Waals surface area (Å²) in [4.78, 5) is 4.73. The number of alkyl halides is 3. The van der Waals surface area contributed by atoms with Crippen LogP contribution in [0, 0.1) is 0 Å². The lowest BCUT2D eigenvalue weighted by Gasteiger charge is -2.17. The average Bonchev–Trinajstić information content (AvgIpc) is 3.08. The molecular formula is C28H34BrF3N2. The molecule has 0 amide bonds. The lowest BCUT2D eigenvalue weighted by atomic mass is 9.89. The van der Waals surface area contributed by atoms with Gasteiger partial charge in [0.25, 0.3) is 0 Å². The van der Waals surface area contributed by atoms with E-state index < -0.39 is 6.18 Å². The third kappa shape index (κ3) is 9.59. The molecule has 2 aromatic rings. The number of pyridine rings is 1. The molecule has 6 heteroatoms. The van der Waals surface area contributed by atoms with Gasteiger partial charge in [0, 0.05) is 12.5 Å². The highest BCUT2D eigenvalue weighted by atomic mass is 79.9. The van der Waals surface area contributed by atoms with Gasteiger partial charge in [-0.25, -0.2) is 4.98 Å². The van der Waals surface area contributed by atoms with E-state index in [1.807, 2.05) is 18.2 Å². The van der Waals surface area contributed by atoms with Crippen molar-refractivity contribution in [3.05, 3.63) is 88.2 Å². The van der Waals surface area contributed by atoms with Crippen LogP contribution in [0.15, 0.2) is 71.4 Å². The SMILES string of the molecule is C=C/C(C)=C\C(=C(/CC)c1ccc(C2CCCNCC2)cc1)c1cccc(Br)n1.CC(F)(F)F. The first-order valence-corrected chi connectivity index (χ1v) is 12.5. The van der Waals surface area contributed by atoms with Gasteiger partial charge in [-0.3, -0.25) is 0 Å². The second-order valence-electron chi connectivity index (χ2n) is 8.46. The predicted molar refractivity (Wildman–Crippen MR) is 141 cm³/mol. The first-order valence-electron chi connectivity index (χ1n) is 11.7. The van der Waals surface area contributed by atoms with Crippen molar-refractivity contribution in [2.45, 2.75) is 58.5 Å². The van der Waals surface area contributed by atoms with Gasteiger partial charge >= 0.3 is 6.18 Å². The van der Waals surface area contributed by atoms with Crippen molar-refractivity contribution in [3.8, 4) is 0 Å². The smallest absolute Gasteiger partial charge is 0.317 e. The van der Waals surface area contributed by atoms with E-state index in [9.17, 15) is 13.2 Å². The molecule has 1 atom stereocenters. The fourth-order valence-corrected chi connectivity index (χ4v) is 4.36. The number of hydrogen-bond donors (Lipinski definition) is 1. The molecule has 1 aromatic heterocycles. The van der Waals surface area contributed by atoms with Crippen molar-refractivity contribution in [1.29, 1.82) is 0 Å². The lowest BCUT2D eigenvalue weighted by molar-refractivity contribution is -0.110. The highest BCUT2D eigenvalue weighted by molar-refractivity contribution is 9.10. The lowest BCUT2D eigenvalue weighted by Crippen LogP contribution is -2.13. The van der Waals surface area contributed by atoms with E-state index in [0.29, 0.717) is 5.92 Å². The number of aromatic nitrogens is 1. The number of allylic oxidation sites excluding steroid dienone is 5. The second kappa shape index (κ2) is 13.6. The molecule has 0 aliphatic carbocycles.